The van der Waals surface area contributed by atoms with E-state index in [-0.39, 0.29) is 12.5 Å². The average molecular weight is 498 g/mol. The molecule has 0 aliphatic carbocycles. The number of hydrogen-bond donors (Lipinski definition) is 2. The number of aliphatic hydroxyl groups is 1. The summed E-state index contributed by atoms with van der Waals surface area (Å²) in [6.07, 6.45) is 3.43. The van der Waals surface area contributed by atoms with Gasteiger partial charge in [-0.25, -0.2) is 0 Å². The van der Waals surface area contributed by atoms with Gasteiger partial charge in [0.25, 0.3) is 0 Å². The predicted octanol–water partition coefficient (Wildman–Crippen LogP) is 4.64. The topological polar surface area (TPSA) is 86.3 Å². The third kappa shape index (κ3) is 7.37. The van der Waals surface area contributed by atoms with Crippen molar-refractivity contribution < 1.29 is 28.8 Å². The zero-order chi connectivity index (χ0) is 25.2. The molecule has 2 fully saturated rings. The van der Waals surface area contributed by atoms with Crippen LogP contribution < -0.4 is 5.32 Å². The van der Waals surface area contributed by atoms with E-state index in [9.17, 15) is 9.90 Å². The van der Waals surface area contributed by atoms with Gasteiger partial charge in [-0.1, -0.05) is 99.7 Å². The Labute approximate surface area is 214 Å². The monoisotopic (exact) mass is 497 g/mol. The Kier molecular flexibility index (Phi) is 10.3. The predicted molar refractivity (Wildman–Crippen MR) is 136 cm³/mol. The minimum atomic E-state index is -1.01. The minimum Gasteiger partial charge on any atom is -0.388 e. The van der Waals surface area contributed by atoms with Gasteiger partial charge in [-0.15, -0.1) is 0 Å². The number of carbonyl (C=O) groups is 1. The van der Waals surface area contributed by atoms with E-state index in [1.807, 2.05) is 60.7 Å². The van der Waals surface area contributed by atoms with Crippen molar-refractivity contribution in [1.82, 2.24) is 5.32 Å². The smallest absolute Gasteiger partial charge is 0.220 e. The normalized spacial score (nSPS) is 27.8. The summed E-state index contributed by atoms with van der Waals surface area (Å²) in [7, 11) is 0. The lowest BCUT2D eigenvalue weighted by molar-refractivity contribution is -0.345. The second-order valence-corrected chi connectivity index (χ2v) is 9.62. The van der Waals surface area contributed by atoms with Gasteiger partial charge in [-0.05, 0) is 12.0 Å². The van der Waals surface area contributed by atoms with Crippen molar-refractivity contribution in [3.05, 3.63) is 71.8 Å². The largest absolute Gasteiger partial charge is 0.388 e. The molecule has 0 spiro atoms. The molecule has 2 aliphatic heterocycles. The molecule has 2 aromatic rings. The number of rotatable bonds is 12. The van der Waals surface area contributed by atoms with E-state index in [0.717, 1.165) is 30.4 Å². The van der Waals surface area contributed by atoms with E-state index in [4.69, 9.17) is 18.9 Å². The number of aliphatic hydroxyl groups excluding tert-OH is 1. The highest BCUT2D eigenvalue weighted by Crippen LogP contribution is 2.34. The lowest BCUT2D eigenvalue weighted by atomic mass is 9.95. The van der Waals surface area contributed by atoms with Crippen LogP contribution in [0.5, 0.6) is 0 Å². The SMILES string of the molecule is CCCCCCCCC(=O)N[C@H]1[C@@H](OCc2ccccc2)O[C@@H]2COC(c3ccccc3)O[C@H]2[C@@H]1O. The summed E-state index contributed by atoms with van der Waals surface area (Å²) in [5, 5.41) is 14.3. The number of nitrogens with one attached hydrogen (secondary N) is 1. The van der Waals surface area contributed by atoms with Gasteiger partial charge in [-0.2, -0.15) is 0 Å². The van der Waals surface area contributed by atoms with Crippen LogP contribution in [0.2, 0.25) is 0 Å². The fourth-order valence-corrected chi connectivity index (χ4v) is 4.74. The number of benzene rings is 2. The van der Waals surface area contributed by atoms with Crippen molar-refractivity contribution >= 4 is 5.91 Å². The Hall–Kier alpha value is -2.29. The van der Waals surface area contributed by atoms with Crippen molar-refractivity contribution in [2.45, 2.75) is 95.4 Å². The first-order chi connectivity index (χ1) is 17.7. The standard InChI is InChI=1S/C29H39NO6/c1-2-3-4-5-6-13-18-24(31)30-25-26(32)27-23(20-34-28(36-27)22-16-11-8-12-17-22)35-29(25)33-19-21-14-9-7-10-15-21/h7-12,14-17,23,25-29,32H,2-6,13,18-20H2,1H3,(H,30,31)/t23-,25-,26-,27-,28?,29+/m1/s1. The summed E-state index contributed by atoms with van der Waals surface area (Å²) < 4.78 is 24.3. The zero-order valence-corrected chi connectivity index (χ0v) is 21.1. The van der Waals surface area contributed by atoms with E-state index in [1.165, 1.54) is 19.3 Å². The third-order valence-corrected chi connectivity index (χ3v) is 6.78. The van der Waals surface area contributed by atoms with Crippen LogP contribution in [0.15, 0.2) is 60.7 Å². The molecule has 1 unspecified atom stereocenters. The molecule has 2 aliphatic rings. The van der Waals surface area contributed by atoms with Gasteiger partial charge in [0.1, 0.15) is 24.4 Å². The summed E-state index contributed by atoms with van der Waals surface area (Å²) in [6.45, 7) is 2.74. The number of unbranched alkanes of at least 4 members (excludes halogenated alkanes) is 5. The Morgan fingerprint density at radius 2 is 1.67 bits per heavy atom. The molecular formula is C29H39NO6. The molecule has 2 N–H and O–H groups in total. The van der Waals surface area contributed by atoms with Gasteiger partial charge in [0.15, 0.2) is 12.6 Å². The number of fused-ring (bicyclic) bond motifs is 1. The molecule has 2 aromatic carbocycles. The summed E-state index contributed by atoms with van der Waals surface area (Å²) >= 11 is 0. The van der Waals surface area contributed by atoms with Crippen LogP contribution in [0, 0.1) is 0 Å². The molecule has 0 aromatic heterocycles. The first-order valence-electron chi connectivity index (χ1n) is 13.3. The van der Waals surface area contributed by atoms with E-state index in [0.29, 0.717) is 13.0 Å². The number of hydrogen-bond acceptors (Lipinski definition) is 6. The number of amides is 1. The van der Waals surface area contributed by atoms with E-state index < -0.39 is 36.9 Å². The molecule has 1 amide bonds. The first-order valence-corrected chi connectivity index (χ1v) is 13.3. The summed E-state index contributed by atoms with van der Waals surface area (Å²) in [5.41, 5.74) is 1.85. The Balaban J connectivity index is 1.39. The second kappa shape index (κ2) is 13.9. The van der Waals surface area contributed by atoms with E-state index >= 15 is 0 Å². The molecule has 4 rings (SSSR count). The van der Waals surface area contributed by atoms with Crippen molar-refractivity contribution in [1.29, 1.82) is 0 Å². The lowest BCUT2D eigenvalue weighted by Crippen LogP contribution is -2.66. The van der Waals surface area contributed by atoms with Gasteiger partial charge < -0.3 is 29.4 Å². The molecule has 0 radical (unpaired) electrons. The van der Waals surface area contributed by atoms with Gasteiger partial charge in [0, 0.05) is 12.0 Å². The molecule has 2 heterocycles. The lowest BCUT2D eigenvalue weighted by Gasteiger charge is -2.47. The molecule has 0 saturated carbocycles. The molecule has 2 saturated heterocycles. The van der Waals surface area contributed by atoms with Gasteiger partial charge in [0.2, 0.25) is 5.91 Å². The third-order valence-electron chi connectivity index (χ3n) is 6.78. The Bertz CT molecular complexity index is 910. The summed E-state index contributed by atoms with van der Waals surface area (Å²) in [5.74, 6) is -0.114. The molecular weight excluding hydrogens is 458 g/mol. The van der Waals surface area contributed by atoms with E-state index in [2.05, 4.69) is 12.2 Å². The van der Waals surface area contributed by atoms with Gasteiger partial charge >= 0.3 is 0 Å². The van der Waals surface area contributed by atoms with Crippen molar-refractivity contribution in [2.24, 2.45) is 0 Å². The maximum Gasteiger partial charge on any atom is 0.220 e. The maximum atomic E-state index is 12.8. The van der Waals surface area contributed by atoms with Crippen LogP contribution in [0.3, 0.4) is 0 Å². The fraction of sp³-hybridized carbons (Fsp3) is 0.552. The summed E-state index contributed by atoms with van der Waals surface area (Å²) in [4.78, 5) is 12.8. The average Bonchev–Trinajstić information content (AvgIpc) is 2.92. The van der Waals surface area contributed by atoms with Crippen LogP contribution in [-0.2, 0) is 30.3 Å². The molecule has 7 nitrogen and oxygen atoms in total. The molecule has 36 heavy (non-hydrogen) atoms. The van der Waals surface area contributed by atoms with Crippen LogP contribution in [-0.4, -0.2) is 48.3 Å². The molecule has 0 bridgehead atoms. The Morgan fingerprint density at radius 1 is 0.972 bits per heavy atom. The molecule has 7 heteroatoms. The van der Waals surface area contributed by atoms with Crippen LogP contribution in [0.4, 0.5) is 0 Å². The van der Waals surface area contributed by atoms with Crippen molar-refractivity contribution in [3.8, 4) is 0 Å². The minimum absolute atomic E-state index is 0.114. The van der Waals surface area contributed by atoms with Crippen LogP contribution in [0.25, 0.3) is 0 Å². The van der Waals surface area contributed by atoms with E-state index in [1.54, 1.807) is 0 Å². The maximum absolute atomic E-state index is 12.8. The van der Waals surface area contributed by atoms with Crippen molar-refractivity contribution in [3.63, 3.8) is 0 Å². The second-order valence-electron chi connectivity index (χ2n) is 9.62. The zero-order valence-electron chi connectivity index (χ0n) is 21.1. The first kappa shape index (κ1) is 26.8. The number of carbonyl (C=O) groups excluding carboxylic acids is 1. The van der Waals surface area contributed by atoms with Gasteiger partial charge in [-0.3, -0.25) is 4.79 Å². The van der Waals surface area contributed by atoms with Gasteiger partial charge in [0.05, 0.1) is 13.2 Å². The summed E-state index contributed by atoms with van der Waals surface area (Å²) in [6, 6.07) is 18.6. The van der Waals surface area contributed by atoms with Crippen molar-refractivity contribution in [2.75, 3.05) is 6.61 Å². The fourth-order valence-electron chi connectivity index (χ4n) is 4.74. The number of ether oxygens (including phenoxy) is 4. The highest BCUT2D eigenvalue weighted by Gasteiger charge is 2.50. The highest BCUT2D eigenvalue weighted by atomic mass is 16.7. The van der Waals surface area contributed by atoms with Crippen LogP contribution >= 0.6 is 0 Å². The highest BCUT2D eigenvalue weighted by molar-refractivity contribution is 5.76. The van der Waals surface area contributed by atoms with Crippen LogP contribution in [0.1, 0.15) is 69.3 Å². The quantitative estimate of drug-likeness (QED) is 0.416. The molecule has 196 valence electrons. The Morgan fingerprint density at radius 3 is 2.42 bits per heavy atom. The molecule has 6 atom stereocenters.